The number of carbonyl (C=O) groups excluding carboxylic acids is 1. The van der Waals surface area contributed by atoms with Crippen molar-refractivity contribution >= 4 is 5.91 Å². The zero-order valence-electron chi connectivity index (χ0n) is 9.10. The fourth-order valence-corrected chi connectivity index (χ4v) is 2.94. The van der Waals surface area contributed by atoms with E-state index < -0.39 is 0 Å². The van der Waals surface area contributed by atoms with Gasteiger partial charge in [0.15, 0.2) is 0 Å². The highest BCUT2D eigenvalue weighted by molar-refractivity contribution is 5.82. The Morgan fingerprint density at radius 2 is 2.25 bits per heavy atom. The summed E-state index contributed by atoms with van der Waals surface area (Å²) in [5.41, 5.74) is 1.01. The summed E-state index contributed by atoms with van der Waals surface area (Å²) in [4.78, 5) is 13.9. The first kappa shape index (κ1) is 9.70. The van der Waals surface area contributed by atoms with Gasteiger partial charge in [-0.1, -0.05) is 12.1 Å². The van der Waals surface area contributed by atoms with Crippen LogP contribution in [0.4, 0.5) is 0 Å². The predicted molar refractivity (Wildman–Crippen MR) is 59.8 cm³/mol. The molecule has 1 saturated carbocycles. The Balaban J connectivity index is 1.78. The standard InChI is InChI=1S/C13H15NO2/c15-12-3-1-2-9(6-12)8-14-11-5-4-10(7-11)13(14)16/h1-3,6,10-11,15H,4-5,7-8H2. The summed E-state index contributed by atoms with van der Waals surface area (Å²) < 4.78 is 0. The average molecular weight is 217 g/mol. The second-order valence-electron chi connectivity index (χ2n) is 4.80. The zero-order valence-corrected chi connectivity index (χ0v) is 9.10. The number of amides is 1. The number of phenols is 1. The van der Waals surface area contributed by atoms with Gasteiger partial charge in [-0.2, -0.15) is 0 Å². The lowest BCUT2D eigenvalue weighted by molar-refractivity contribution is -0.134. The highest BCUT2D eigenvalue weighted by Crippen LogP contribution is 2.39. The molecule has 2 unspecified atom stereocenters. The van der Waals surface area contributed by atoms with E-state index >= 15 is 0 Å². The Morgan fingerprint density at radius 1 is 1.38 bits per heavy atom. The van der Waals surface area contributed by atoms with Crippen LogP contribution in [-0.2, 0) is 11.3 Å². The van der Waals surface area contributed by atoms with Crippen LogP contribution < -0.4 is 0 Å². The van der Waals surface area contributed by atoms with Crippen LogP contribution in [0.1, 0.15) is 24.8 Å². The number of piperidine rings is 1. The molecule has 1 N–H and O–H groups in total. The lowest BCUT2D eigenvalue weighted by atomic mass is 10.1. The molecule has 1 amide bonds. The van der Waals surface area contributed by atoms with E-state index in [4.69, 9.17) is 0 Å². The molecule has 84 valence electrons. The molecular formula is C13H15NO2. The van der Waals surface area contributed by atoms with Gasteiger partial charge in [0.05, 0.1) is 0 Å². The van der Waals surface area contributed by atoms with E-state index in [1.165, 1.54) is 0 Å². The summed E-state index contributed by atoms with van der Waals surface area (Å²) in [6.45, 7) is 0.647. The Labute approximate surface area is 94.7 Å². The fourth-order valence-electron chi connectivity index (χ4n) is 2.94. The second-order valence-corrected chi connectivity index (χ2v) is 4.80. The summed E-state index contributed by atoms with van der Waals surface area (Å²) in [7, 11) is 0. The quantitative estimate of drug-likeness (QED) is 0.822. The van der Waals surface area contributed by atoms with E-state index in [9.17, 15) is 9.90 Å². The highest BCUT2D eigenvalue weighted by Gasteiger charge is 2.44. The molecule has 3 nitrogen and oxygen atoms in total. The Hall–Kier alpha value is -1.51. The van der Waals surface area contributed by atoms with Crippen LogP contribution in [0.5, 0.6) is 5.75 Å². The van der Waals surface area contributed by atoms with Gasteiger partial charge in [-0.05, 0) is 37.0 Å². The first-order valence-electron chi connectivity index (χ1n) is 5.82. The maximum Gasteiger partial charge on any atom is 0.226 e. The minimum Gasteiger partial charge on any atom is -0.508 e. The molecule has 1 aliphatic carbocycles. The second kappa shape index (κ2) is 3.51. The third-order valence-electron chi connectivity index (χ3n) is 3.74. The van der Waals surface area contributed by atoms with E-state index in [-0.39, 0.29) is 11.7 Å². The first-order valence-corrected chi connectivity index (χ1v) is 5.82. The molecule has 3 heteroatoms. The van der Waals surface area contributed by atoms with Gasteiger partial charge < -0.3 is 10.0 Å². The average Bonchev–Trinajstić information content (AvgIpc) is 2.82. The van der Waals surface area contributed by atoms with Gasteiger partial charge in [-0.15, -0.1) is 0 Å². The van der Waals surface area contributed by atoms with E-state index in [1.807, 2.05) is 17.0 Å². The number of benzene rings is 1. The third-order valence-corrected chi connectivity index (χ3v) is 3.74. The Bertz CT molecular complexity index is 430. The van der Waals surface area contributed by atoms with Crippen LogP contribution >= 0.6 is 0 Å². The molecule has 2 aliphatic rings. The summed E-state index contributed by atoms with van der Waals surface area (Å²) in [5, 5.41) is 9.38. The van der Waals surface area contributed by atoms with Crippen LogP contribution in [0, 0.1) is 5.92 Å². The number of likely N-dealkylation sites (tertiary alicyclic amines) is 1. The molecule has 2 atom stereocenters. The first-order chi connectivity index (χ1) is 7.74. The van der Waals surface area contributed by atoms with E-state index in [0.717, 1.165) is 24.8 Å². The Morgan fingerprint density at radius 3 is 2.94 bits per heavy atom. The molecule has 16 heavy (non-hydrogen) atoms. The monoisotopic (exact) mass is 217 g/mol. The number of carbonyl (C=O) groups is 1. The minimum atomic E-state index is 0.273. The molecule has 1 aliphatic heterocycles. The molecule has 1 heterocycles. The molecule has 1 aromatic carbocycles. The van der Waals surface area contributed by atoms with Crippen molar-refractivity contribution in [2.45, 2.75) is 31.8 Å². The van der Waals surface area contributed by atoms with Gasteiger partial charge in [0.1, 0.15) is 5.75 Å². The number of fused-ring (bicyclic) bond motifs is 2. The molecule has 0 aromatic heterocycles. The molecular weight excluding hydrogens is 202 g/mol. The predicted octanol–water partition coefficient (Wildman–Crippen LogP) is 1.90. The van der Waals surface area contributed by atoms with Crippen molar-refractivity contribution in [3.8, 4) is 5.75 Å². The maximum absolute atomic E-state index is 11.9. The molecule has 1 aromatic rings. The van der Waals surface area contributed by atoms with Crippen molar-refractivity contribution in [3.63, 3.8) is 0 Å². The van der Waals surface area contributed by atoms with E-state index in [0.29, 0.717) is 18.5 Å². The molecule has 2 bridgehead atoms. The van der Waals surface area contributed by atoms with Crippen LogP contribution in [0.3, 0.4) is 0 Å². The zero-order chi connectivity index (χ0) is 11.1. The highest BCUT2D eigenvalue weighted by atomic mass is 16.3. The summed E-state index contributed by atoms with van der Waals surface area (Å²) in [5.74, 6) is 0.858. The fraction of sp³-hybridized carbons (Fsp3) is 0.462. The van der Waals surface area contributed by atoms with Crippen LogP contribution in [0.2, 0.25) is 0 Å². The molecule has 1 saturated heterocycles. The normalized spacial score (nSPS) is 27.8. The van der Waals surface area contributed by atoms with E-state index in [2.05, 4.69) is 0 Å². The third kappa shape index (κ3) is 1.47. The topological polar surface area (TPSA) is 40.5 Å². The molecule has 0 radical (unpaired) electrons. The number of phenolic OH excluding ortho intramolecular Hbond substituents is 1. The lowest BCUT2D eigenvalue weighted by Crippen LogP contribution is -2.36. The number of hydrogen-bond donors (Lipinski definition) is 1. The summed E-state index contributed by atoms with van der Waals surface area (Å²) in [6.07, 6.45) is 3.26. The van der Waals surface area contributed by atoms with Gasteiger partial charge in [0.2, 0.25) is 5.91 Å². The van der Waals surface area contributed by atoms with Crippen molar-refractivity contribution in [1.82, 2.24) is 4.90 Å². The number of rotatable bonds is 2. The van der Waals surface area contributed by atoms with Crippen molar-refractivity contribution in [2.75, 3.05) is 0 Å². The van der Waals surface area contributed by atoms with Crippen LogP contribution in [-0.4, -0.2) is 22.0 Å². The van der Waals surface area contributed by atoms with Gasteiger partial charge in [-0.25, -0.2) is 0 Å². The number of hydrogen-bond acceptors (Lipinski definition) is 2. The van der Waals surface area contributed by atoms with Gasteiger partial charge >= 0.3 is 0 Å². The van der Waals surface area contributed by atoms with Crippen molar-refractivity contribution < 1.29 is 9.90 Å². The number of nitrogens with zero attached hydrogens (tertiary/aromatic N) is 1. The van der Waals surface area contributed by atoms with Gasteiger partial charge in [-0.3, -0.25) is 4.79 Å². The van der Waals surface area contributed by atoms with Gasteiger partial charge in [0, 0.05) is 18.5 Å². The summed E-state index contributed by atoms with van der Waals surface area (Å²) >= 11 is 0. The van der Waals surface area contributed by atoms with Gasteiger partial charge in [0.25, 0.3) is 0 Å². The largest absolute Gasteiger partial charge is 0.508 e. The van der Waals surface area contributed by atoms with Crippen molar-refractivity contribution in [3.05, 3.63) is 29.8 Å². The summed E-state index contributed by atoms with van der Waals surface area (Å²) in [6, 6.07) is 7.61. The minimum absolute atomic E-state index is 0.273. The van der Waals surface area contributed by atoms with Crippen LogP contribution in [0.25, 0.3) is 0 Å². The SMILES string of the molecule is O=C1C2CCC(C2)N1Cc1cccc(O)c1. The molecule has 2 fully saturated rings. The van der Waals surface area contributed by atoms with Crippen molar-refractivity contribution in [2.24, 2.45) is 5.92 Å². The van der Waals surface area contributed by atoms with E-state index in [1.54, 1.807) is 12.1 Å². The smallest absolute Gasteiger partial charge is 0.226 e. The lowest BCUT2D eigenvalue weighted by Gasteiger charge is -2.27. The van der Waals surface area contributed by atoms with Crippen molar-refractivity contribution in [1.29, 1.82) is 0 Å². The Kier molecular flexibility index (Phi) is 2.13. The van der Waals surface area contributed by atoms with Crippen LogP contribution in [0.15, 0.2) is 24.3 Å². The maximum atomic E-state index is 11.9. The molecule has 3 rings (SSSR count). The number of aromatic hydroxyl groups is 1. The molecule has 0 spiro atoms.